The number of nitrogens with zero attached hydrogens (tertiary/aromatic N) is 2. The molecule has 0 aliphatic carbocycles. The first-order chi connectivity index (χ1) is 23.8. The fourth-order valence-electron chi connectivity index (χ4n) is 4.51. The van der Waals surface area contributed by atoms with Crippen LogP contribution in [0.2, 0.25) is 0 Å². The molecule has 1 heterocycles. The zero-order valence-electron chi connectivity index (χ0n) is 28.1. The number of unbranched alkanes of at least 4 members (excludes halogenated alkanes) is 1. The number of anilines is 1. The second kappa shape index (κ2) is 16.6. The Morgan fingerprint density at radius 2 is 1.58 bits per heavy atom. The number of para-hydroxylation sites is 1. The van der Waals surface area contributed by atoms with Crippen LogP contribution in [0.25, 0.3) is 11.4 Å². The third-order valence-electron chi connectivity index (χ3n) is 6.78. The van der Waals surface area contributed by atoms with Crippen molar-refractivity contribution in [1.82, 2.24) is 20.0 Å². The minimum absolute atomic E-state index is 0.0270. The molecule has 1 aromatic heterocycles. The summed E-state index contributed by atoms with van der Waals surface area (Å²) in [6.45, 7) is 8.61. The summed E-state index contributed by atoms with van der Waals surface area (Å²) in [6.07, 6.45) is 1.47. The number of carbonyl (C=O) groups is 3. The Morgan fingerprint density at radius 1 is 0.920 bits per heavy atom. The van der Waals surface area contributed by atoms with E-state index in [-0.39, 0.29) is 29.3 Å². The fourth-order valence-corrected chi connectivity index (χ4v) is 5.55. The molecule has 50 heavy (non-hydrogen) atoms. The minimum atomic E-state index is -3.95. The van der Waals surface area contributed by atoms with E-state index in [1.807, 2.05) is 35.1 Å². The highest BCUT2D eigenvalue weighted by Gasteiger charge is 2.28. The van der Waals surface area contributed by atoms with Gasteiger partial charge in [-0.2, -0.15) is 9.97 Å². The van der Waals surface area contributed by atoms with Gasteiger partial charge in [0, 0.05) is 5.56 Å². The van der Waals surface area contributed by atoms with Gasteiger partial charge in [0.1, 0.15) is 17.4 Å². The largest absolute Gasteiger partial charge is 0.481 e. The van der Waals surface area contributed by atoms with Gasteiger partial charge in [-0.05, 0) is 63.4 Å². The van der Waals surface area contributed by atoms with E-state index in [0.29, 0.717) is 29.4 Å². The topological polar surface area (TPSA) is 175 Å². The van der Waals surface area contributed by atoms with E-state index in [0.717, 1.165) is 5.56 Å². The van der Waals surface area contributed by atoms with Crippen LogP contribution in [0.5, 0.6) is 17.5 Å². The van der Waals surface area contributed by atoms with Gasteiger partial charge in [-0.15, -0.1) is 6.58 Å². The van der Waals surface area contributed by atoms with E-state index in [1.165, 1.54) is 31.4 Å². The molecule has 4 aromatic rings. The lowest BCUT2D eigenvalue weighted by Gasteiger charge is -2.24. The van der Waals surface area contributed by atoms with Crippen molar-refractivity contribution in [3.63, 3.8) is 0 Å². The van der Waals surface area contributed by atoms with Crippen LogP contribution in [-0.4, -0.2) is 54.8 Å². The third kappa shape index (κ3) is 10.9. The normalized spacial score (nSPS) is 11.8. The van der Waals surface area contributed by atoms with Crippen molar-refractivity contribution in [2.45, 2.75) is 45.3 Å². The lowest BCUT2D eigenvalue weighted by molar-refractivity contribution is -0.118. The molecule has 0 unspecified atom stereocenters. The van der Waals surface area contributed by atoms with E-state index in [9.17, 15) is 22.8 Å². The van der Waals surface area contributed by atoms with Gasteiger partial charge >= 0.3 is 6.09 Å². The van der Waals surface area contributed by atoms with Gasteiger partial charge in [-0.25, -0.2) is 17.9 Å². The molecular formula is C36H39N5O8S. The Hall–Kier alpha value is -5.76. The Labute approximate surface area is 291 Å². The highest BCUT2D eigenvalue weighted by Crippen LogP contribution is 2.28. The summed E-state index contributed by atoms with van der Waals surface area (Å²) in [5.41, 5.74) is 0.180. The summed E-state index contributed by atoms with van der Waals surface area (Å²) < 4.78 is 43.7. The molecule has 3 amide bonds. The van der Waals surface area contributed by atoms with Gasteiger partial charge in [0.25, 0.3) is 11.8 Å². The molecule has 0 radical (unpaired) electrons. The van der Waals surface area contributed by atoms with Crippen molar-refractivity contribution in [3.8, 4) is 28.9 Å². The van der Waals surface area contributed by atoms with E-state index < -0.39 is 39.6 Å². The molecule has 0 saturated carbocycles. The van der Waals surface area contributed by atoms with Crippen LogP contribution in [0.15, 0.2) is 97.6 Å². The number of hydrogen-bond donors (Lipinski definition) is 3. The molecule has 3 N–H and O–H groups in total. The average molecular weight is 702 g/mol. The average Bonchev–Trinajstić information content (AvgIpc) is 3.07. The monoisotopic (exact) mass is 701 g/mol. The zero-order valence-corrected chi connectivity index (χ0v) is 29.0. The van der Waals surface area contributed by atoms with Gasteiger partial charge in [-0.1, -0.05) is 60.7 Å². The maximum absolute atomic E-state index is 13.8. The van der Waals surface area contributed by atoms with Crippen molar-refractivity contribution >= 4 is 33.6 Å². The Bertz CT molecular complexity index is 1930. The molecule has 3 aromatic carbocycles. The molecule has 1 atom stereocenters. The first kappa shape index (κ1) is 37.1. The van der Waals surface area contributed by atoms with Crippen molar-refractivity contribution < 1.29 is 37.0 Å². The van der Waals surface area contributed by atoms with Crippen LogP contribution in [0.3, 0.4) is 0 Å². The number of nitrogens with one attached hydrogen (secondary N) is 3. The number of benzene rings is 3. The molecule has 0 bridgehead atoms. The van der Waals surface area contributed by atoms with Crippen LogP contribution >= 0.6 is 0 Å². The van der Waals surface area contributed by atoms with Crippen LogP contribution in [0.4, 0.5) is 10.5 Å². The van der Waals surface area contributed by atoms with Crippen molar-refractivity contribution in [3.05, 3.63) is 109 Å². The number of carbonyl (C=O) groups excluding carboxylic acids is 3. The number of aromatic nitrogens is 2. The first-order valence-electron chi connectivity index (χ1n) is 15.6. The van der Waals surface area contributed by atoms with Crippen LogP contribution in [-0.2, 0) is 19.6 Å². The zero-order chi connectivity index (χ0) is 36.3. The number of amides is 3. The highest BCUT2D eigenvalue weighted by atomic mass is 32.2. The van der Waals surface area contributed by atoms with Crippen molar-refractivity contribution in [1.29, 1.82) is 0 Å². The Balaban J connectivity index is 1.58. The van der Waals surface area contributed by atoms with E-state index in [4.69, 9.17) is 14.2 Å². The molecular weight excluding hydrogens is 662 g/mol. The number of ether oxygens (including phenoxy) is 3. The summed E-state index contributed by atoms with van der Waals surface area (Å²) in [5, 5.41) is 5.22. The summed E-state index contributed by atoms with van der Waals surface area (Å²) >= 11 is 0. The van der Waals surface area contributed by atoms with Gasteiger partial charge in [0.2, 0.25) is 21.8 Å². The van der Waals surface area contributed by atoms with Gasteiger partial charge in [0.05, 0.1) is 30.2 Å². The SMILES string of the molecule is C=CCCCS(=O)(=O)NC(=O)c1ccccc1NC(=O)[C@@H](NC(=O)OC(C)(C)C)c1ccc(Oc2cc(OC)nc(-c3ccccc3)n2)cc1. The van der Waals surface area contributed by atoms with Crippen molar-refractivity contribution in [2.75, 3.05) is 18.2 Å². The minimum Gasteiger partial charge on any atom is -0.481 e. The van der Waals surface area contributed by atoms with E-state index in [1.54, 1.807) is 57.2 Å². The molecule has 0 spiro atoms. The number of rotatable bonds is 14. The Kier molecular flexibility index (Phi) is 12.3. The standard InChI is InChI=1S/C36H39N5O8S/c1-6-7-13-22-50(45,46)41-33(42)27-16-11-12-17-28(27)37-34(43)31(40-35(44)49-36(2,3)4)24-18-20-26(21-19-24)48-30-23-29(47-5)38-32(39-30)25-14-9-8-10-15-25/h6,8-12,14-21,23,31H,1,7,13,22H2,2-5H3,(H,37,43)(H,40,44)(H,41,42)/t31-/m0/s1. The lowest BCUT2D eigenvalue weighted by atomic mass is 10.1. The molecule has 0 fully saturated rings. The van der Waals surface area contributed by atoms with Gasteiger partial charge in [-0.3, -0.25) is 9.59 Å². The number of allylic oxidation sites excluding steroid dienone is 1. The molecule has 0 saturated heterocycles. The molecule has 0 aliphatic heterocycles. The summed E-state index contributed by atoms with van der Waals surface area (Å²) in [5.74, 6) is -0.665. The van der Waals surface area contributed by atoms with E-state index >= 15 is 0 Å². The number of methoxy groups -OCH3 is 1. The second-order valence-corrected chi connectivity index (χ2v) is 13.7. The lowest BCUT2D eigenvalue weighted by Crippen LogP contribution is -2.40. The Morgan fingerprint density at radius 3 is 2.24 bits per heavy atom. The first-order valence-corrected chi connectivity index (χ1v) is 17.2. The van der Waals surface area contributed by atoms with Gasteiger partial charge in [0.15, 0.2) is 5.82 Å². The molecule has 262 valence electrons. The summed E-state index contributed by atoms with van der Waals surface area (Å²) in [6, 6.07) is 21.8. The van der Waals surface area contributed by atoms with Crippen LogP contribution in [0.1, 0.15) is 55.6 Å². The maximum Gasteiger partial charge on any atom is 0.408 e. The van der Waals surface area contributed by atoms with Crippen LogP contribution < -0.4 is 24.8 Å². The predicted octanol–water partition coefficient (Wildman–Crippen LogP) is 6.17. The molecule has 14 heteroatoms. The highest BCUT2D eigenvalue weighted by molar-refractivity contribution is 7.90. The third-order valence-corrected chi connectivity index (χ3v) is 8.10. The molecule has 4 rings (SSSR count). The summed E-state index contributed by atoms with van der Waals surface area (Å²) in [7, 11) is -2.46. The summed E-state index contributed by atoms with van der Waals surface area (Å²) in [4.78, 5) is 48.5. The van der Waals surface area contributed by atoms with Crippen LogP contribution in [0, 0.1) is 0 Å². The smallest absolute Gasteiger partial charge is 0.408 e. The molecule has 13 nitrogen and oxygen atoms in total. The predicted molar refractivity (Wildman–Crippen MR) is 188 cm³/mol. The molecule has 0 aliphatic rings. The second-order valence-electron chi connectivity index (χ2n) is 11.9. The van der Waals surface area contributed by atoms with Crippen molar-refractivity contribution in [2.24, 2.45) is 0 Å². The number of alkyl carbamates (subject to hydrolysis) is 1. The van der Waals surface area contributed by atoms with E-state index in [2.05, 4.69) is 27.2 Å². The fraction of sp³-hybridized carbons (Fsp3) is 0.250. The maximum atomic E-state index is 13.8. The van der Waals surface area contributed by atoms with Gasteiger partial charge < -0.3 is 24.8 Å². The number of hydrogen-bond acceptors (Lipinski definition) is 10. The number of sulfonamides is 1. The quantitative estimate of drug-likeness (QED) is 0.102.